The summed E-state index contributed by atoms with van der Waals surface area (Å²) in [7, 11) is 1.93. The third kappa shape index (κ3) is 2.43. The van der Waals surface area contributed by atoms with Gasteiger partial charge in [0.05, 0.1) is 6.10 Å². The van der Waals surface area contributed by atoms with Crippen molar-refractivity contribution in [2.75, 3.05) is 25.6 Å². The SMILES string of the molecule is CNc1cccc2c(OCC3CCCO3)ncc(C)c12. The number of ether oxygens (including phenoxy) is 2. The van der Waals surface area contributed by atoms with Crippen LogP contribution in [0.5, 0.6) is 5.88 Å². The molecule has 1 aliphatic heterocycles. The van der Waals surface area contributed by atoms with Crippen LogP contribution in [0.25, 0.3) is 10.8 Å². The zero-order valence-corrected chi connectivity index (χ0v) is 12.0. The Balaban J connectivity index is 1.92. The summed E-state index contributed by atoms with van der Waals surface area (Å²) in [6.45, 7) is 3.50. The van der Waals surface area contributed by atoms with Crippen molar-refractivity contribution in [3.63, 3.8) is 0 Å². The van der Waals surface area contributed by atoms with Gasteiger partial charge in [-0.15, -0.1) is 0 Å². The molecule has 1 atom stereocenters. The molecule has 0 bridgehead atoms. The molecule has 106 valence electrons. The molecule has 2 heterocycles. The van der Waals surface area contributed by atoms with Crippen LogP contribution in [0, 0.1) is 6.92 Å². The molecule has 2 aromatic rings. The van der Waals surface area contributed by atoms with Gasteiger partial charge in [0.15, 0.2) is 0 Å². The van der Waals surface area contributed by atoms with Crippen molar-refractivity contribution in [2.24, 2.45) is 0 Å². The lowest BCUT2D eigenvalue weighted by Crippen LogP contribution is -2.16. The van der Waals surface area contributed by atoms with E-state index in [0.717, 1.165) is 36.1 Å². The second-order valence-corrected chi connectivity index (χ2v) is 5.17. The fourth-order valence-corrected chi connectivity index (χ4v) is 2.72. The third-order valence-electron chi connectivity index (χ3n) is 3.76. The number of benzene rings is 1. The average Bonchev–Trinajstić information content (AvgIpc) is 2.99. The molecule has 1 unspecified atom stereocenters. The van der Waals surface area contributed by atoms with E-state index in [1.54, 1.807) is 0 Å². The van der Waals surface area contributed by atoms with Crippen molar-refractivity contribution in [3.05, 3.63) is 30.0 Å². The molecule has 0 radical (unpaired) electrons. The van der Waals surface area contributed by atoms with Gasteiger partial charge < -0.3 is 14.8 Å². The number of hydrogen-bond acceptors (Lipinski definition) is 4. The van der Waals surface area contributed by atoms with E-state index >= 15 is 0 Å². The van der Waals surface area contributed by atoms with Gasteiger partial charge >= 0.3 is 0 Å². The summed E-state index contributed by atoms with van der Waals surface area (Å²) in [5, 5.41) is 5.45. The molecule has 1 fully saturated rings. The zero-order valence-electron chi connectivity index (χ0n) is 12.0. The Morgan fingerprint density at radius 3 is 3.10 bits per heavy atom. The highest BCUT2D eigenvalue weighted by molar-refractivity contribution is 5.98. The van der Waals surface area contributed by atoms with Crippen molar-refractivity contribution in [1.29, 1.82) is 0 Å². The van der Waals surface area contributed by atoms with Gasteiger partial charge in [-0.25, -0.2) is 4.98 Å². The minimum Gasteiger partial charge on any atom is -0.474 e. The number of nitrogens with one attached hydrogen (secondary N) is 1. The van der Waals surface area contributed by atoms with Gasteiger partial charge in [0.25, 0.3) is 0 Å². The average molecular weight is 272 g/mol. The van der Waals surface area contributed by atoms with E-state index in [-0.39, 0.29) is 6.10 Å². The highest BCUT2D eigenvalue weighted by atomic mass is 16.5. The number of aromatic nitrogens is 1. The first kappa shape index (κ1) is 13.2. The summed E-state index contributed by atoms with van der Waals surface area (Å²) in [4.78, 5) is 4.44. The summed E-state index contributed by atoms with van der Waals surface area (Å²) in [6.07, 6.45) is 4.28. The number of pyridine rings is 1. The second-order valence-electron chi connectivity index (χ2n) is 5.17. The van der Waals surface area contributed by atoms with E-state index in [1.807, 2.05) is 19.3 Å². The van der Waals surface area contributed by atoms with E-state index < -0.39 is 0 Å². The number of aryl methyl sites for hydroxylation is 1. The Labute approximate surface area is 119 Å². The number of fused-ring (bicyclic) bond motifs is 1. The van der Waals surface area contributed by atoms with E-state index in [9.17, 15) is 0 Å². The Morgan fingerprint density at radius 2 is 2.35 bits per heavy atom. The van der Waals surface area contributed by atoms with Crippen LogP contribution in [0.2, 0.25) is 0 Å². The van der Waals surface area contributed by atoms with Crippen LogP contribution in [0.3, 0.4) is 0 Å². The van der Waals surface area contributed by atoms with Gasteiger partial charge in [-0.2, -0.15) is 0 Å². The Hall–Kier alpha value is -1.81. The van der Waals surface area contributed by atoms with Crippen LogP contribution in [0.1, 0.15) is 18.4 Å². The molecule has 0 aliphatic carbocycles. The molecule has 0 saturated carbocycles. The molecule has 1 aromatic heterocycles. The first-order valence-electron chi connectivity index (χ1n) is 7.10. The van der Waals surface area contributed by atoms with Gasteiger partial charge in [0.1, 0.15) is 6.61 Å². The van der Waals surface area contributed by atoms with Crippen LogP contribution < -0.4 is 10.1 Å². The van der Waals surface area contributed by atoms with Crippen molar-refractivity contribution in [2.45, 2.75) is 25.9 Å². The Morgan fingerprint density at radius 1 is 1.45 bits per heavy atom. The molecule has 1 saturated heterocycles. The van der Waals surface area contributed by atoms with Crippen LogP contribution in [0.4, 0.5) is 5.69 Å². The maximum atomic E-state index is 5.89. The molecule has 0 spiro atoms. The molecule has 3 rings (SSSR count). The lowest BCUT2D eigenvalue weighted by molar-refractivity contribution is 0.0669. The van der Waals surface area contributed by atoms with E-state index in [0.29, 0.717) is 12.5 Å². The number of anilines is 1. The van der Waals surface area contributed by atoms with Gasteiger partial charge in [-0.1, -0.05) is 6.07 Å². The first-order valence-corrected chi connectivity index (χ1v) is 7.10. The fourth-order valence-electron chi connectivity index (χ4n) is 2.72. The minimum atomic E-state index is 0.209. The molecule has 20 heavy (non-hydrogen) atoms. The largest absolute Gasteiger partial charge is 0.474 e. The van der Waals surface area contributed by atoms with E-state index in [2.05, 4.69) is 29.4 Å². The molecule has 1 aliphatic rings. The quantitative estimate of drug-likeness (QED) is 0.928. The van der Waals surface area contributed by atoms with Gasteiger partial charge in [0.2, 0.25) is 5.88 Å². The zero-order chi connectivity index (χ0) is 13.9. The van der Waals surface area contributed by atoms with Crippen molar-refractivity contribution < 1.29 is 9.47 Å². The van der Waals surface area contributed by atoms with Crippen molar-refractivity contribution in [3.8, 4) is 5.88 Å². The monoisotopic (exact) mass is 272 g/mol. The molecule has 4 heteroatoms. The summed E-state index contributed by atoms with van der Waals surface area (Å²) >= 11 is 0. The molecular formula is C16H20N2O2. The smallest absolute Gasteiger partial charge is 0.221 e. The number of nitrogens with zero attached hydrogens (tertiary/aromatic N) is 1. The molecule has 0 amide bonds. The summed E-state index contributed by atoms with van der Waals surface area (Å²) in [5.74, 6) is 0.693. The fraction of sp³-hybridized carbons (Fsp3) is 0.438. The van der Waals surface area contributed by atoms with Crippen molar-refractivity contribution >= 4 is 16.5 Å². The summed E-state index contributed by atoms with van der Waals surface area (Å²) < 4.78 is 11.5. The van der Waals surface area contributed by atoms with E-state index in [4.69, 9.17) is 9.47 Å². The standard InChI is InChI=1S/C16H20N2O2/c1-11-9-18-16(20-10-12-5-4-8-19-12)13-6-3-7-14(17-2)15(11)13/h3,6-7,9,12,17H,4-5,8,10H2,1-2H3. The molecular weight excluding hydrogens is 252 g/mol. The number of rotatable bonds is 4. The predicted molar refractivity (Wildman–Crippen MR) is 80.5 cm³/mol. The first-order chi connectivity index (χ1) is 9.79. The Bertz CT molecular complexity index is 607. The summed E-state index contributed by atoms with van der Waals surface area (Å²) in [5.41, 5.74) is 2.25. The van der Waals surface area contributed by atoms with Gasteiger partial charge in [-0.3, -0.25) is 0 Å². The van der Waals surface area contributed by atoms with E-state index in [1.165, 1.54) is 5.39 Å². The normalized spacial score (nSPS) is 18.4. The maximum Gasteiger partial charge on any atom is 0.221 e. The van der Waals surface area contributed by atoms with Crippen molar-refractivity contribution in [1.82, 2.24) is 4.98 Å². The Kier molecular flexibility index (Phi) is 3.74. The highest BCUT2D eigenvalue weighted by Crippen LogP contribution is 2.31. The molecule has 1 aromatic carbocycles. The van der Waals surface area contributed by atoms with Crippen LogP contribution in [-0.2, 0) is 4.74 Å². The third-order valence-corrected chi connectivity index (χ3v) is 3.76. The topological polar surface area (TPSA) is 43.4 Å². The van der Waals surface area contributed by atoms with Crippen LogP contribution in [-0.4, -0.2) is 31.3 Å². The highest BCUT2D eigenvalue weighted by Gasteiger charge is 2.17. The summed E-state index contributed by atoms with van der Waals surface area (Å²) in [6, 6.07) is 6.15. The van der Waals surface area contributed by atoms with Crippen LogP contribution >= 0.6 is 0 Å². The van der Waals surface area contributed by atoms with Gasteiger partial charge in [-0.05, 0) is 37.5 Å². The molecule has 4 nitrogen and oxygen atoms in total. The lowest BCUT2D eigenvalue weighted by atomic mass is 10.1. The maximum absolute atomic E-state index is 5.89. The predicted octanol–water partition coefficient (Wildman–Crippen LogP) is 3.14. The minimum absolute atomic E-state index is 0.209. The second kappa shape index (κ2) is 5.67. The van der Waals surface area contributed by atoms with Crippen LogP contribution in [0.15, 0.2) is 24.4 Å². The van der Waals surface area contributed by atoms with Gasteiger partial charge in [0, 0.05) is 36.3 Å². The molecule has 1 N–H and O–H groups in total. The lowest BCUT2D eigenvalue weighted by Gasteiger charge is -2.14. The number of hydrogen-bond donors (Lipinski definition) is 1.